The molecule has 1 amide bonds. The van der Waals surface area contributed by atoms with Crippen LogP contribution in [0.3, 0.4) is 0 Å². The molecule has 1 unspecified atom stereocenters. The van der Waals surface area contributed by atoms with Crippen molar-refractivity contribution in [3.8, 4) is 0 Å². The highest BCUT2D eigenvalue weighted by molar-refractivity contribution is 7.99. The molecule has 0 bridgehead atoms. The summed E-state index contributed by atoms with van der Waals surface area (Å²) in [5, 5.41) is 0. The maximum Gasteiger partial charge on any atom is 0.232 e. The summed E-state index contributed by atoms with van der Waals surface area (Å²) in [5.74, 6) is 1.29. The SMILES string of the molecule is CC1CCCCN1C(=O)CSCc1ccc(F)cc1. The van der Waals surface area contributed by atoms with E-state index in [2.05, 4.69) is 6.92 Å². The van der Waals surface area contributed by atoms with Crippen LogP contribution in [0.25, 0.3) is 0 Å². The summed E-state index contributed by atoms with van der Waals surface area (Å²) in [7, 11) is 0. The van der Waals surface area contributed by atoms with Crippen LogP contribution in [0.4, 0.5) is 4.39 Å². The van der Waals surface area contributed by atoms with Gasteiger partial charge in [-0.15, -0.1) is 11.8 Å². The van der Waals surface area contributed by atoms with E-state index in [4.69, 9.17) is 0 Å². The molecule has 19 heavy (non-hydrogen) atoms. The second kappa shape index (κ2) is 6.94. The minimum absolute atomic E-state index is 0.216. The number of carbonyl (C=O) groups is 1. The third-order valence-electron chi connectivity index (χ3n) is 3.53. The fourth-order valence-electron chi connectivity index (χ4n) is 2.39. The summed E-state index contributed by atoms with van der Waals surface area (Å²) in [6, 6.07) is 6.86. The molecule has 2 nitrogen and oxygen atoms in total. The van der Waals surface area contributed by atoms with Crippen LogP contribution in [0.2, 0.25) is 0 Å². The molecule has 0 N–H and O–H groups in total. The first-order valence-corrected chi connectivity index (χ1v) is 7.94. The van der Waals surface area contributed by atoms with Crippen molar-refractivity contribution in [2.45, 2.75) is 38.0 Å². The Morgan fingerprint density at radius 3 is 2.79 bits per heavy atom. The van der Waals surface area contributed by atoms with Crippen molar-refractivity contribution < 1.29 is 9.18 Å². The van der Waals surface area contributed by atoms with Gasteiger partial charge in [-0.25, -0.2) is 4.39 Å². The molecule has 1 saturated heterocycles. The number of likely N-dealkylation sites (tertiary alicyclic amines) is 1. The fraction of sp³-hybridized carbons (Fsp3) is 0.533. The first-order chi connectivity index (χ1) is 9.16. The van der Waals surface area contributed by atoms with Gasteiger partial charge in [-0.2, -0.15) is 0 Å². The smallest absolute Gasteiger partial charge is 0.232 e. The van der Waals surface area contributed by atoms with Crippen LogP contribution in [0.5, 0.6) is 0 Å². The van der Waals surface area contributed by atoms with Crippen LogP contribution in [-0.4, -0.2) is 29.1 Å². The first kappa shape index (κ1) is 14.4. The molecular formula is C15H20FNOS. The number of benzene rings is 1. The minimum atomic E-state index is -0.216. The highest BCUT2D eigenvalue weighted by atomic mass is 32.2. The predicted octanol–water partition coefficient (Wildman–Crippen LogP) is 3.46. The zero-order chi connectivity index (χ0) is 13.7. The van der Waals surface area contributed by atoms with Crippen LogP contribution < -0.4 is 0 Å². The number of carbonyl (C=O) groups excluding carboxylic acids is 1. The van der Waals surface area contributed by atoms with Crippen molar-refractivity contribution in [3.63, 3.8) is 0 Å². The van der Waals surface area contributed by atoms with E-state index < -0.39 is 0 Å². The van der Waals surface area contributed by atoms with Crippen molar-refractivity contribution in [1.82, 2.24) is 4.90 Å². The monoisotopic (exact) mass is 281 g/mol. The van der Waals surface area contributed by atoms with Crippen LogP contribution in [0.1, 0.15) is 31.7 Å². The third kappa shape index (κ3) is 4.23. The average Bonchev–Trinajstić information content (AvgIpc) is 2.41. The molecule has 1 heterocycles. The van der Waals surface area contributed by atoms with Crippen LogP contribution in [-0.2, 0) is 10.5 Å². The van der Waals surface area contributed by atoms with E-state index >= 15 is 0 Å². The Labute approximate surface area is 118 Å². The lowest BCUT2D eigenvalue weighted by Crippen LogP contribution is -2.42. The molecule has 104 valence electrons. The lowest BCUT2D eigenvalue weighted by molar-refractivity contribution is -0.131. The lowest BCUT2D eigenvalue weighted by atomic mass is 10.0. The molecular weight excluding hydrogens is 261 g/mol. The zero-order valence-electron chi connectivity index (χ0n) is 11.3. The molecule has 1 fully saturated rings. The number of nitrogens with zero attached hydrogens (tertiary/aromatic N) is 1. The maximum absolute atomic E-state index is 12.8. The first-order valence-electron chi connectivity index (χ1n) is 6.78. The van der Waals surface area contributed by atoms with E-state index in [0.717, 1.165) is 30.7 Å². The summed E-state index contributed by atoms with van der Waals surface area (Å²) in [6.07, 6.45) is 3.47. The molecule has 0 spiro atoms. The van der Waals surface area contributed by atoms with E-state index in [0.29, 0.717) is 11.8 Å². The topological polar surface area (TPSA) is 20.3 Å². The Kier molecular flexibility index (Phi) is 5.25. The molecule has 1 atom stereocenters. The molecule has 1 aliphatic heterocycles. The second-order valence-electron chi connectivity index (χ2n) is 5.05. The van der Waals surface area contributed by atoms with Gasteiger partial charge in [-0.3, -0.25) is 4.79 Å². The Morgan fingerprint density at radius 1 is 1.37 bits per heavy atom. The summed E-state index contributed by atoms with van der Waals surface area (Å²) in [4.78, 5) is 14.1. The van der Waals surface area contributed by atoms with Gasteiger partial charge < -0.3 is 4.90 Å². The van der Waals surface area contributed by atoms with Crippen LogP contribution in [0.15, 0.2) is 24.3 Å². The molecule has 1 aromatic carbocycles. The number of rotatable bonds is 4. The number of hydrogen-bond acceptors (Lipinski definition) is 2. The van der Waals surface area contributed by atoms with Crippen molar-refractivity contribution in [2.75, 3.05) is 12.3 Å². The van der Waals surface area contributed by atoms with Gasteiger partial charge in [0.05, 0.1) is 5.75 Å². The maximum atomic E-state index is 12.8. The van der Waals surface area contributed by atoms with E-state index in [1.54, 1.807) is 23.9 Å². The molecule has 1 aliphatic rings. The quantitative estimate of drug-likeness (QED) is 0.842. The van der Waals surface area contributed by atoms with Crippen molar-refractivity contribution in [3.05, 3.63) is 35.6 Å². The zero-order valence-corrected chi connectivity index (χ0v) is 12.1. The van der Waals surface area contributed by atoms with Crippen molar-refractivity contribution in [1.29, 1.82) is 0 Å². The van der Waals surface area contributed by atoms with Gasteiger partial charge >= 0.3 is 0 Å². The molecule has 1 aromatic rings. The van der Waals surface area contributed by atoms with E-state index in [9.17, 15) is 9.18 Å². The molecule has 4 heteroatoms. The van der Waals surface area contributed by atoms with Crippen molar-refractivity contribution >= 4 is 17.7 Å². The summed E-state index contributed by atoms with van der Waals surface area (Å²) >= 11 is 1.60. The number of piperidine rings is 1. The number of hydrogen-bond donors (Lipinski definition) is 0. The molecule has 0 saturated carbocycles. The number of thioether (sulfide) groups is 1. The Bertz CT molecular complexity index is 421. The molecule has 0 aromatic heterocycles. The lowest BCUT2D eigenvalue weighted by Gasteiger charge is -2.33. The molecule has 0 aliphatic carbocycles. The van der Waals surface area contributed by atoms with Gasteiger partial charge in [-0.1, -0.05) is 12.1 Å². The van der Waals surface area contributed by atoms with Crippen LogP contribution in [0, 0.1) is 5.82 Å². The van der Waals surface area contributed by atoms with Gasteiger partial charge in [0.25, 0.3) is 0 Å². The third-order valence-corrected chi connectivity index (χ3v) is 4.52. The largest absolute Gasteiger partial charge is 0.339 e. The van der Waals surface area contributed by atoms with E-state index in [1.165, 1.54) is 18.6 Å². The fourth-order valence-corrected chi connectivity index (χ4v) is 3.26. The molecule has 2 rings (SSSR count). The van der Waals surface area contributed by atoms with Gasteiger partial charge in [0.15, 0.2) is 0 Å². The Hall–Kier alpha value is -1.03. The molecule has 0 radical (unpaired) electrons. The summed E-state index contributed by atoms with van der Waals surface area (Å²) in [6.45, 7) is 3.03. The predicted molar refractivity (Wildman–Crippen MR) is 77.6 cm³/mol. The normalized spacial score (nSPS) is 19.5. The number of halogens is 1. The standard InChI is InChI=1S/C15H20FNOS/c1-12-4-2-3-9-17(12)15(18)11-19-10-13-5-7-14(16)8-6-13/h5-8,12H,2-4,9-11H2,1H3. The highest BCUT2D eigenvalue weighted by Crippen LogP contribution is 2.19. The van der Waals surface area contributed by atoms with Gasteiger partial charge in [0.2, 0.25) is 5.91 Å². The van der Waals surface area contributed by atoms with E-state index in [-0.39, 0.29) is 11.7 Å². The van der Waals surface area contributed by atoms with E-state index in [1.807, 2.05) is 4.90 Å². The van der Waals surface area contributed by atoms with Crippen molar-refractivity contribution in [2.24, 2.45) is 0 Å². The van der Waals surface area contributed by atoms with Crippen LogP contribution >= 0.6 is 11.8 Å². The summed E-state index contributed by atoms with van der Waals surface area (Å²) in [5.41, 5.74) is 1.06. The summed E-state index contributed by atoms with van der Waals surface area (Å²) < 4.78 is 12.8. The van der Waals surface area contributed by atoms with Gasteiger partial charge in [0.1, 0.15) is 5.82 Å². The highest BCUT2D eigenvalue weighted by Gasteiger charge is 2.22. The van der Waals surface area contributed by atoms with Gasteiger partial charge in [-0.05, 0) is 43.9 Å². The Balaban J connectivity index is 1.75. The second-order valence-corrected chi connectivity index (χ2v) is 6.04. The van der Waals surface area contributed by atoms with Gasteiger partial charge in [0, 0.05) is 18.3 Å². The minimum Gasteiger partial charge on any atom is -0.339 e. The average molecular weight is 281 g/mol. The number of amides is 1. The Morgan fingerprint density at radius 2 is 2.11 bits per heavy atom.